The molecule has 0 aromatic heterocycles. The molecule has 0 saturated carbocycles. The topological polar surface area (TPSA) is 122 Å². The van der Waals surface area contributed by atoms with Crippen molar-refractivity contribution in [2.24, 2.45) is 0 Å². The number of urea groups is 1. The molecule has 4 amide bonds. The van der Waals surface area contributed by atoms with Crippen LogP contribution in [-0.4, -0.2) is 34.2 Å². The summed E-state index contributed by atoms with van der Waals surface area (Å²) >= 11 is 0. The summed E-state index contributed by atoms with van der Waals surface area (Å²) in [6.07, 6.45) is 0. The number of carbonyl (C=O) groups excluding carboxylic acids is 3. The van der Waals surface area contributed by atoms with E-state index in [4.69, 9.17) is 0 Å². The van der Waals surface area contributed by atoms with Crippen molar-refractivity contribution in [3.63, 3.8) is 0 Å². The first-order valence-electron chi connectivity index (χ1n) is 8.47. The van der Waals surface area contributed by atoms with Crippen molar-refractivity contribution >= 4 is 29.2 Å². The zero-order chi connectivity index (χ0) is 20.5. The first kappa shape index (κ1) is 19.0. The van der Waals surface area contributed by atoms with Crippen molar-refractivity contribution in [3.8, 4) is 0 Å². The molecule has 1 atom stereocenters. The standard InChI is InChI=1S/C19H18N4O5/c1-12-8-9-14(15(10-12)23(27)28)20-16(24)11-22-17(25)19(2,21-18(22)26)13-6-4-3-5-7-13/h3-10H,11H2,1-2H3,(H,20,24)(H,21,26). The summed E-state index contributed by atoms with van der Waals surface area (Å²) in [5.41, 5.74) is -0.296. The number of anilines is 1. The molecule has 2 aromatic carbocycles. The van der Waals surface area contributed by atoms with Gasteiger partial charge in [-0.15, -0.1) is 0 Å². The van der Waals surface area contributed by atoms with Crippen LogP contribution in [0.2, 0.25) is 0 Å². The molecule has 1 saturated heterocycles. The molecule has 3 rings (SSSR count). The van der Waals surface area contributed by atoms with Gasteiger partial charge in [-0.25, -0.2) is 4.79 Å². The summed E-state index contributed by atoms with van der Waals surface area (Å²) in [5.74, 6) is -1.29. The Morgan fingerprint density at radius 1 is 1.21 bits per heavy atom. The van der Waals surface area contributed by atoms with Crippen LogP contribution in [0, 0.1) is 17.0 Å². The second-order valence-electron chi connectivity index (χ2n) is 6.64. The molecule has 28 heavy (non-hydrogen) atoms. The summed E-state index contributed by atoms with van der Waals surface area (Å²) in [6, 6.07) is 12.3. The minimum atomic E-state index is -1.28. The van der Waals surface area contributed by atoms with Crippen LogP contribution in [0.4, 0.5) is 16.2 Å². The predicted octanol–water partition coefficient (Wildman–Crippen LogP) is 2.31. The van der Waals surface area contributed by atoms with E-state index in [1.54, 1.807) is 50.2 Å². The van der Waals surface area contributed by atoms with Gasteiger partial charge >= 0.3 is 6.03 Å². The lowest BCUT2D eigenvalue weighted by Crippen LogP contribution is -2.42. The Morgan fingerprint density at radius 3 is 2.54 bits per heavy atom. The fourth-order valence-corrected chi connectivity index (χ4v) is 3.04. The molecule has 144 valence electrons. The number of benzene rings is 2. The Balaban J connectivity index is 1.77. The number of aryl methyl sites for hydroxylation is 1. The molecule has 1 fully saturated rings. The summed E-state index contributed by atoms with van der Waals surface area (Å²) in [7, 11) is 0. The van der Waals surface area contributed by atoms with E-state index >= 15 is 0 Å². The van der Waals surface area contributed by atoms with Gasteiger partial charge in [-0.2, -0.15) is 0 Å². The highest BCUT2D eigenvalue weighted by Gasteiger charge is 2.49. The first-order valence-corrected chi connectivity index (χ1v) is 8.47. The molecule has 0 aliphatic carbocycles. The van der Waals surface area contributed by atoms with E-state index in [2.05, 4.69) is 10.6 Å². The van der Waals surface area contributed by atoms with Crippen molar-refractivity contribution in [1.82, 2.24) is 10.2 Å². The van der Waals surface area contributed by atoms with Gasteiger partial charge in [0, 0.05) is 6.07 Å². The third kappa shape index (κ3) is 3.41. The van der Waals surface area contributed by atoms with E-state index in [9.17, 15) is 24.5 Å². The van der Waals surface area contributed by atoms with Gasteiger partial charge in [0.05, 0.1) is 4.92 Å². The van der Waals surface area contributed by atoms with E-state index < -0.39 is 34.9 Å². The molecular weight excluding hydrogens is 364 g/mol. The Kier molecular flexibility index (Phi) is 4.83. The van der Waals surface area contributed by atoms with Gasteiger partial charge in [0.2, 0.25) is 5.91 Å². The highest BCUT2D eigenvalue weighted by molar-refractivity contribution is 6.10. The average Bonchev–Trinajstić information content (AvgIpc) is 2.88. The Hall–Kier alpha value is -3.75. The molecular formula is C19H18N4O5. The van der Waals surface area contributed by atoms with Crippen LogP contribution >= 0.6 is 0 Å². The van der Waals surface area contributed by atoms with Gasteiger partial charge in [0.1, 0.15) is 17.8 Å². The van der Waals surface area contributed by atoms with E-state index in [1.807, 2.05) is 0 Å². The number of nitrogens with zero attached hydrogens (tertiary/aromatic N) is 2. The highest BCUT2D eigenvalue weighted by Crippen LogP contribution is 2.29. The van der Waals surface area contributed by atoms with E-state index in [0.29, 0.717) is 11.1 Å². The monoisotopic (exact) mass is 382 g/mol. The summed E-state index contributed by atoms with van der Waals surface area (Å²) < 4.78 is 0. The van der Waals surface area contributed by atoms with Crippen LogP contribution < -0.4 is 10.6 Å². The van der Waals surface area contributed by atoms with Crippen molar-refractivity contribution in [3.05, 3.63) is 69.8 Å². The van der Waals surface area contributed by atoms with E-state index in [-0.39, 0.29) is 11.4 Å². The number of hydrogen-bond acceptors (Lipinski definition) is 5. The van der Waals surface area contributed by atoms with E-state index in [1.165, 1.54) is 12.1 Å². The van der Waals surface area contributed by atoms with Crippen molar-refractivity contribution in [2.45, 2.75) is 19.4 Å². The number of nitro groups is 1. The molecule has 1 aliphatic rings. The lowest BCUT2D eigenvalue weighted by atomic mass is 9.92. The molecule has 1 heterocycles. The van der Waals surface area contributed by atoms with Gasteiger partial charge in [-0.3, -0.25) is 24.6 Å². The predicted molar refractivity (Wildman–Crippen MR) is 101 cm³/mol. The fraction of sp³-hybridized carbons (Fsp3) is 0.211. The lowest BCUT2D eigenvalue weighted by Gasteiger charge is -2.22. The van der Waals surface area contributed by atoms with Crippen LogP contribution in [0.1, 0.15) is 18.1 Å². The van der Waals surface area contributed by atoms with Gasteiger partial charge in [0.25, 0.3) is 11.6 Å². The number of rotatable bonds is 5. The van der Waals surface area contributed by atoms with Crippen molar-refractivity contribution < 1.29 is 19.3 Å². The molecule has 2 N–H and O–H groups in total. The number of nitrogens with one attached hydrogen (secondary N) is 2. The molecule has 1 unspecified atom stereocenters. The number of hydrogen-bond donors (Lipinski definition) is 2. The van der Waals surface area contributed by atoms with Crippen LogP contribution in [0.15, 0.2) is 48.5 Å². The minimum absolute atomic E-state index is 0.00141. The van der Waals surface area contributed by atoms with Gasteiger partial charge < -0.3 is 10.6 Å². The molecule has 9 nitrogen and oxygen atoms in total. The van der Waals surface area contributed by atoms with Crippen LogP contribution in [0.3, 0.4) is 0 Å². The SMILES string of the molecule is Cc1ccc(NC(=O)CN2C(=O)NC(C)(c3ccccc3)C2=O)c([N+](=O)[O-])c1. The molecule has 1 aliphatic heterocycles. The molecule has 0 radical (unpaired) electrons. The average molecular weight is 382 g/mol. The minimum Gasteiger partial charge on any atom is -0.319 e. The normalized spacial score (nSPS) is 18.7. The molecule has 2 aromatic rings. The zero-order valence-electron chi connectivity index (χ0n) is 15.3. The maximum absolute atomic E-state index is 12.8. The Labute approximate surface area is 160 Å². The van der Waals surface area contributed by atoms with Crippen LogP contribution in [0.5, 0.6) is 0 Å². The summed E-state index contributed by atoms with van der Waals surface area (Å²) in [5, 5.41) is 16.2. The number of imide groups is 1. The largest absolute Gasteiger partial charge is 0.325 e. The summed E-state index contributed by atoms with van der Waals surface area (Å²) in [4.78, 5) is 48.8. The molecule has 0 spiro atoms. The number of carbonyl (C=O) groups is 3. The lowest BCUT2D eigenvalue weighted by molar-refractivity contribution is -0.384. The van der Waals surface area contributed by atoms with E-state index in [0.717, 1.165) is 4.90 Å². The second kappa shape index (κ2) is 7.10. The third-order valence-corrected chi connectivity index (χ3v) is 4.55. The fourth-order valence-electron chi connectivity index (χ4n) is 3.04. The Morgan fingerprint density at radius 2 is 1.89 bits per heavy atom. The van der Waals surface area contributed by atoms with Gasteiger partial charge in [0.15, 0.2) is 0 Å². The number of nitro benzene ring substituents is 1. The maximum Gasteiger partial charge on any atom is 0.325 e. The zero-order valence-corrected chi connectivity index (χ0v) is 15.3. The third-order valence-electron chi connectivity index (χ3n) is 4.55. The first-order chi connectivity index (χ1) is 13.2. The van der Waals surface area contributed by atoms with Gasteiger partial charge in [-0.1, -0.05) is 36.4 Å². The van der Waals surface area contributed by atoms with Gasteiger partial charge in [-0.05, 0) is 31.0 Å². The van der Waals surface area contributed by atoms with Crippen molar-refractivity contribution in [1.29, 1.82) is 0 Å². The second-order valence-corrected chi connectivity index (χ2v) is 6.64. The smallest absolute Gasteiger partial charge is 0.319 e. The maximum atomic E-state index is 12.8. The molecule has 9 heteroatoms. The summed E-state index contributed by atoms with van der Waals surface area (Å²) in [6.45, 7) is 2.69. The van der Waals surface area contributed by atoms with Crippen LogP contribution in [0.25, 0.3) is 0 Å². The Bertz CT molecular complexity index is 976. The van der Waals surface area contributed by atoms with Crippen molar-refractivity contribution in [2.75, 3.05) is 11.9 Å². The molecule has 0 bridgehead atoms. The van der Waals surface area contributed by atoms with Crippen LogP contribution in [-0.2, 0) is 15.1 Å². The highest BCUT2D eigenvalue weighted by atomic mass is 16.6. The number of amides is 4. The quantitative estimate of drug-likeness (QED) is 0.467.